The Labute approximate surface area is 146 Å². The lowest BCUT2D eigenvalue weighted by atomic mass is 10.1. The van der Waals surface area contributed by atoms with Gasteiger partial charge in [0.05, 0.1) is 12.1 Å². The number of rotatable bonds is 8. The number of aliphatic hydroxyl groups excluding tert-OH is 2. The van der Waals surface area contributed by atoms with Crippen LogP contribution in [0.25, 0.3) is 0 Å². The molecule has 1 saturated heterocycles. The van der Waals surface area contributed by atoms with Crippen molar-refractivity contribution >= 4 is 5.91 Å². The molecule has 5 nitrogen and oxygen atoms in total. The Hall–Kier alpha value is -1.57. The maximum absolute atomic E-state index is 13.4. The predicted molar refractivity (Wildman–Crippen MR) is 90.4 cm³/mol. The molecule has 1 aliphatic heterocycles. The number of alkyl halides is 2. The van der Waals surface area contributed by atoms with Crippen molar-refractivity contribution in [3.05, 3.63) is 35.9 Å². The average Bonchev–Trinajstić information content (AvgIpc) is 2.84. The van der Waals surface area contributed by atoms with Crippen molar-refractivity contribution in [2.45, 2.75) is 56.9 Å². The average molecular weight is 356 g/mol. The standard InChI is InChI=1S/C18H26F2N2O3/c1-2-14(23)21-11-13-16(24)17(25)15(18(19)20)22(13)10-6-9-12-7-4-3-5-8-12/h3-5,7-8,13,15-18,24-25H,2,6,9-11H2,1H3,(H,21,23)/t13-,15?,16-,17-/m1/s1. The second kappa shape index (κ2) is 9.22. The summed E-state index contributed by atoms with van der Waals surface area (Å²) in [5.41, 5.74) is 1.10. The number of nitrogens with zero attached hydrogens (tertiary/aromatic N) is 1. The summed E-state index contributed by atoms with van der Waals surface area (Å²) in [6.45, 7) is 2.04. The van der Waals surface area contributed by atoms with Crippen LogP contribution in [0.5, 0.6) is 0 Å². The molecule has 4 atom stereocenters. The Morgan fingerprint density at radius 1 is 1.24 bits per heavy atom. The first kappa shape index (κ1) is 19.8. The van der Waals surface area contributed by atoms with Gasteiger partial charge in [-0.05, 0) is 24.9 Å². The zero-order valence-corrected chi connectivity index (χ0v) is 14.3. The fourth-order valence-electron chi connectivity index (χ4n) is 3.34. The number of halogens is 2. The van der Waals surface area contributed by atoms with Gasteiger partial charge in [0.1, 0.15) is 12.1 Å². The Kier molecular flexibility index (Phi) is 7.28. The smallest absolute Gasteiger partial charge is 0.256 e. The molecule has 7 heteroatoms. The van der Waals surface area contributed by atoms with Crippen LogP contribution in [0.4, 0.5) is 8.78 Å². The molecule has 0 saturated carbocycles. The first-order valence-electron chi connectivity index (χ1n) is 8.66. The molecule has 1 unspecified atom stereocenters. The summed E-state index contributed by atoms with van der Waals surface area (Å²) in [5.74, 6) is -0.216. The van der Waals surface area contributed by atoms with E-state index in [9.17, 15) is 23.8 Å². The Bertz CT molecular complexity index is 544. The molecule has 0 aliphatic carbocycles. The van der Waals surface area contributed by atoms with E-state index in [2.05, 4.69) is 5.32 Å². The fourth-order valence-corrected chi connectivity index (χ4v) is 3.34. The zero-order valence-electron chi connectivity index (χ0n) is 14.3. The summed E-state index contributed by atoms with van der Waals surface area (Å²) >= 11 is 0. The minimum absolute atomic E-state index is 0.0411. The van der Waals surface area contributed by atoms with E-state index in [1.165, 1.54) is 4.90 Å². The first-order valence-corrected chi connectivity index (χ1v) is 8.66. The fraction of sp³-hybridized carbons (Fsp3) is 0.611. The molecule has 0 spiro atoms. The van der Waals surface area contributed by atoms with Crippen molar-refractivity contribution in [3.8, 4) is 0 Å². The molecular weight excluding hydrogens is 330 g/mol. The van der Waals surface area contributed by atoms with E-state index in [1.807, 2.05) is 30.3 Å². The maximum Gasteiger partial charge on any atom is 0.256 e. The number of carbonyl (C=O) groups is 1. The van der Waals surface area contributed by atoms with Gasteiger partial charge in [-0.1, -0.05) is 37.3 Å². The molecule has 0 radical (unpaired) electrons. The zero-order chi connectivity index (χ0) is 18.4. The number of benzene rings is 1. The minimum Gasteiger partial charge on any atom is -0.389 e. The van der Waals surface area contributed by atoms with Crippen molar-refractivity contribution in [1.82, 2.24) is 10.2 Å². The SMILES string of the molecule is CCC(=O)NC[C@@H]1[C@@H](O)[C@H](O)C(C(F)F)N1CCCc1ccccc1. The van der Waals surface area contributed by atoms with Crippen LogP contribution >= 0.6 is 0 Å². The molecule has 0 aromatic heterocycles. The van der Waals surface area contributed by atoms with Crippen molar-refractivity contribution in [3.63, 3.8) is 0 Å². The molecule has 25 heavy (non-hydrogen) atoms. The minimum atomic E-state index is -2.77. The van der Waals surface area contributed by atoms with Gasteiger partial charge in [0.2, 0.25) is 5.91 Å². The third kappa shape index (κ3) is 4.96. The quantitative estimate of drug-likeness (QED) is 0.654. The first-order chi connectivity index (χ1) is 12.0. The van der Waals surface area contributed by atoms with Gasteiger partial charge in [-0.25, -0.2) is 8.78 Å². The van der Waals surface area contributed by atoms with E-state index >= 15 is 0 Å². The number of nitrogens with one attached hydrogen (secondary N) is 1. The number of aliphatic hydroxyl groups is 2. The number of hydrogen-bond donors (Lipinski definition) is 3. The Balaban J connectivity index is 2.02. The molecule has 1 aliphatic rings. The monoisotopic (exact) mass is 356 g/mol. The van der Waals surface area contributed by atoms with E-state index < -0.39 is 30.7 Å². The molecule has 3 N–H and O–H groups in total. The van der Waals surface area contributed by atoms with Crippen LogP contribution in [0.2, 0.25) is 0 Å². The molecule has 1 amide bonds. The second-order valence-electron chi connectivity index (χ2n) is 6.36. The van der Waals surface area contributed by atoms with Crippen LogP contribution in [0.3, 0.4) is 0 Å². The normalized spacial score (nSPS) is 27.0. The number of carbonyl (C=O) groups excluding carboxylic acids is 1. The van der Waals surface area contributed by atoms with Gasteiger partial charge in [-0.3, -0.25) is 9.69 Å². The highest BCUT2D eigenvalue weighted by molar-refractivity contribution is 5.75. The predicted octanol–water partition coefficient (Wildman–Crippen LogP) is 1.19. The number of amides is 1. The number of hydrogen-bond acceptors (Lipinski definition) is 4. The van der Waals surface area contributed by atoms with E-state index in [4.69, 9.17) is 0 Å². The van der Waals surface area contributed by atoms with Crippen molar-refractivity contribution in [1.29, 1.82) is 0 Å². The summed E-state index contributed by atoms with van der Waals surface area (Å²) < 4.78 is 26.8. The van der Waals surface area contributed by atoms with Gasteiger partial charge in [-0.2, -0.15) is 0 Å². The largest absolute Gasteiger partial charge is 0.389 e. The van der Waals surface area contributed by atoms with Crippen molar-refractivity contribution in [2.24, 2.45) is 0 Å². The van der Waals surface area contributed by atoms with Crippen molar-refractivity contribution in [2.75, 3.05) is 13.1 Å². The number of likely N-dealkylation sites (tertiary alicyclic amines) is 1. The highest BCUT2D eigenvalue weighted by Gasteiger charge is 2.51. The van der Waals surface area contributed by atoms with Crippen LogP contribution in [0, 0.1) is 0 Å². The highest BCUT2D eigenvalue weighted by Crippen LogP contribution is 2.29. The molecular formula is C18H26F2N2O3. The van der Waals surface area contributed by atoms with Crippen LogP contribution in [-0.2, 0) is 11.2 Å². The highest BCUT2D eigenvalue weighted by atomic mass is 19.3. The van der Waals surface area contributed by atoms with Crippen LogP contribution in [-0.4, -0.2) is 64.8 Å². The number of aryl methyl sites for hydroxylation is 1. The topological polar surface area (TPSA) is 72.8 Å². The Morgan fingerprint density at radius 2 is 1.92 bits per heavy atom. The summed E-state index contributed by atoms with van der Waals surface area (Å²) in [4.78, 5) is 12.9. The lowest BCUT2D eigenvalue weighted by Crippen LogP contribution is -2.48. The van der Waals surface area contributed by atoms with Crippen LogP contribution in [0.1, 0.15) is 25.3 Å². The molecule has 2 rings (SSSR count). The molecule has 1 heterocycles. The van der Waals surface area contributed by atoms with Gasteiger partial charge in [0.15, 0.2) is 0 Å². The molecule has 140 valence electrons. The molecule has 0 bridgehead atoms. The van der Waals surface area contributed by atoms with Crippen LogP contribution in [0.15, 0.2) is 30.3 Å². The van der Waals surface area contributed by atoms with E-state index in [1.54, 1.807) is 6.92 Å². The molecule has 1 aromatic carbocycles. The maximum atomic E-state index is 13.4. The molecule has 1 fully saturated rings. The van der Waals surface area contributed by atoms with E-state index in [-0.39, 0.29) is 18.9 Å². The third-order valence-corrected chi connectivity index (χ3v) is 4.72. The lowest BCUT2D eigenvalue weighted by Gasteiger charge is -2.30. The summed E-state index contributed by atoms with van der Waals surface area (Å²) in [6.07, 6.45) is -4.00. The van der Waals surface area contributed by atoms with Gasteiger partial charge < -0.3 is 15.5 Å². The van der Waals surface area contributed by atoms with E-state index in [0.717, 1.165) is 5.56 Å². The van der Waals surface area contributed by atoms with Crippen molar-refractivity contribution < 1.29 is 23.8 Å². The molecule has 1 aromatic rings. The third-order valence-electron chi connectivity index (χ3n) is 4.72. The summed E-state index contributed by atoms with van der Waals surface area (Å²) in [6, 6.07) is 7.55. The van der Waals surface area contributed by atoms with Gasteiger partial charge in [-0.15, -0.1) is 0 Å². The summed E-state index contributed by atoms with van der Waals surface area (Å²) in [5, 5.41) is 22.8. The summed E-state index contributed by atoms with van der Waals surface area (Å²) in [7, 11) is 0. The van der Waals surface area contributed by atoms with Gasteiger partial charge >= 0.3 is 0 Å². The van der Waals surface area contributed by atoms with Gasteiger partial charge in [0, 0.05) is 13.0 Å². The van der Waals surface area contributed by atoms with Crippen LogP contribution < -0.4 is 5.32 Å². The second-order valence-corrected chi connectivity index (χ2v) is 6.36. The van der Waals surface area contributed by atoms with E-state index in [0.29, 0.717) is 19.4 Å². The lowest BCUT2D eigenvalue weighted by molar-refractivity contribution is -0.121. The van der Waals surface area contributed by atoms with Gasteiger partial charge in [0.25, 0.3) is 6.43 Å². The Morgan fingerprint density at radius 3 is 2.52 bits per heavy atom.